The molecule has 1 aromatic carbocycles. The molecule has 0 saturated carbocycles. The van der Waals surface area contributed by atoms with Gasteiger partial charge >= 0.3 is 6.09 Å². The molecular formula is C18H27NO4. The monoisotopic (exact) mass is 321 g/mol. The number of hydrogen-bond donors (Lipinski definition) is 1. The van der Waals surface area contributed by atoms with Crippen LogP contribution in [0.4, 0.5) is 4.79 Å². The molecule has 1 aliphatic heterocycles. The topological polar surface area (TPSA) is 59.0 Å². The Morgan fingerprint density at radius 2 is 2.09 bits per heavy atom. The summed E-state index contributed by atoms with van der Waals surface area (Å²) in [6.07, 6.45) is 1.33. The van der Waals surface area contributed by atoms with Gasteiger partial charge < -0.3 is 19.5 Å². The molecule has 0 bridgehead atoms. The number of hydrogen-bond acceptors (Lipinski definition) is 4. The summed E-state index contributed by atoms with van der Waals surface area (Å²) in [4.78, 5) is 14.0. The average Bonchev–Trinajstić information content (AvgIpc) is 2.93. The van der Waals surface area contributed by atoms with Gasteiger partial charge in [0.2, 0.25) is 0 Å². The van der Waals surface area contributed by atoms with Crippen molar-refractivity contribution in [3.05, 3.63) is 29.8 Å². The van der Waals surface area contributed by atoms with E-state index in [0.717, 1.165) is 18.4 Å². The van der Waals surface area contributed by atoms with E-state index in [-0.39, 0.29) is 12.1 Å². The van der Waals surface area contributed by atoms with E-state index in [9.17, 15) is 9.90 Å². The van der Waals surface area contributed by atoms with E-state index < -0.39 is 11.7 Å². The molecule has 2 unspecified atom stereocenters. The smallest absolute Gasteiger partial charge is 0.410 e. The van der Waals surface area contributed by atoms with Crippen molar-refractivity contribution in [1.29, 1.82) is 0 Å². The summed E-state index contributed by atoms with van der Waals surface area (Å²) in [6, 6.07) is 7.43. The number of amides is 1. The summed E-state index contributed by atoms with van der Waals surface area (Å²) >= 11 is 0. The van der Waals surface area contributed by atoms with Gasteiger partial charge in [0, 0.05) is 18.2 Å². The molecular weight excluding hydrogens is 294 g/mol. The molecule has 0 aliphatic carbocycles. The Kier molecular flexibility index (Phi) is 5.52. The van der Waals surface area contributed by atoms with E-state index in [4.69, 9.17) is 9.47 Å². The molecule has 1 saturated heterocycles. The molecule has 1 N–H and O–H groups in total. The number of carbonyl (C=O) groups is 1. The fourth-order valence-electron chi connectivity index (χ4n) is 2.97. The number of benzene rings is 1. The van der Waals surface area contributed by atoms with Crippen molar-refractivity contribution >= 4 is 6.09 Å². The SMILES string of the molecule is COc1ccccc1C(O)CC1CCCN1C(=O)OC(C)(C)C. The molecule has 1 fully saturated rings. The van der Waals surface area contributed by atoms with E-state index >= 15 is 0 Å². The van der Waals surface area contributed by atoms with Crippen molar-refractivity contribution in [1.82, 2.24) is 4.90 Å². The Morgan fingerprint density at radius 1 is 1.39 bits per heavy atom. The third-order valence-corrected chi connectivity index (χ3v) is 4.00. The maximum absolute atomic E-state index is 12.3. The van der Waals surface area contributed by atoms with Gasteiger partial charge in [0.05, 0.1) is 13.2 Å². The quantitative estimate of drug-likeness (QED) is 0.922. The van der Waals surface area contributed by atoms with Gasteiger partial charge in [-0.15, -0.1) is 0 Å². The van der Waals surface area contributed by atoms with E-state index in [1.807, 2.05) is 45.0 Å². The van der Waals surface area contributed by atoms with Gasteiger partial charge in [-0.3, -0.25) is 0 Å². The van der Waals surface area contributed by atoms with Gasteiger partial charge in [0.25, 0.3) is 0 Å². The highest BCUT2D eigenvalue weighted by Crippen LogP contribution is 2.32. The molecule has 23 heavy (non-hydrogen) atoms. The normalized spacial score (nSPS) is 19.5. The molecule has 0 radical (unpaired) electrons. The molecule has 1 aromatic rings. The first-order valence-corrected chi connectivity index (χ1v) is 8.12. The van der Waals surface area contributed by atoms with Crippen LogP contribution in [0.2, 0.25) is 0 Å². The van der Waals surface area contributed by atoms with E-state index in [1.54, 1.807) is 12.0 Å². The fourth-order valence-corrected chi connectivity index (χ4v) is 2.97. The second-order valence-electron chi connectivity index (χ2n) is 6.96. The highest BCUT2D eigenvalue weighted by Gasteiger charge is 2.33. The van der Waals surface area contributed by atoms with Gasteiger partial charge in [-0.25, -0.2) is 4.79 Å². The standard InChI is InChI=1S/C18H27NO4/c1-18(2,3)23-17(21)19-11-7-8-13(19)12-15(20)14-9-5-6-10-16(14)22-4/h5-6,9-10,13,15,20H,7-8,11-12H2,1-4H3. The maximum Gasteiger partial charge on any atom is 0.410 e. The lowest BCUT2D eigenvalue weighted by Crippen LogP contribution is -2.40. The summed E-state index contributed by atoms with van der Waals surface area (Å²) in [5.74, 6) is 0.668. The highest BCUT2D eigenvalue weighted by atomic mass is 16.6. The minimum Gasteiger partial charge on any atom is -0.496 e. The molecule has 0 aromatic heterocycles. The molecule has 128 valence electrons. The maximum atomic E-state index is 12.3. The van der Waals surface area contributed by atoms with Crippen LogP contribution < -0.4 is 4.74 Å². The molecule has 1 aliphatic rings. The van der Waals surface area contributed by atoms with Gasteiger partial charge in [0.1, 0.15) is 11.4 Å². The third-order valence-electron chi connectivity index (χ3n) is 4.00. The van der Waals surface area contributed by atoms with Crippen LogP contribution in [0.5, 0.6) is 5.75 Å². The minimum atomic E-state index is -0.667. The minimum absolute atomic E-state index is 0.00948. The first kappa shape index (κ1) is 17.6. The number of rotatable bonds is 4. The molecule has 1 amide bonds. The summed E-state index contributed by atoms with van der Waals surface area (Å²) < 4.78 is 10.8. The average molecular weight is 321 g/mol. The van der Waals surface area contributed by atoms with E-state index in [2.05, 4.69) is 0 Å². The first-order valence-electron chi connectivity index (χ1n) is 8.12. The Hall–Kier alpha value is -1.75. The van der Waals surface area contributed by atoms with Crippen molar-refractivity contribution in [2.75, 3.05) is 13.7 Å². The molecule has 2 atom stereocenters. The zero-order valence-electron chi connectivity index (χ0n) is 14.4. The number of nitrogens with zero attached hydrogens (tertiary/aromatic N) is 1. The summed E-state index contributed by atoms with van der Waals surface area (Å²) in [7, 11) is 1.59. The van der Waals surface area contributed by atoms with Crippen LogP contribution >= 0.6 is 0 Å². The van der Waals surface area contributed by atoms with Crippen LogP contribution in [-0.4, -0.2) is 41.4 Å². The van der Waals surface area contributed by atoms with Crippen molar-refractivity contribution < 1.29 is 19.4 Å². The molecule has 5 nitrogen and oxygen atoms in total. The number of methoxy groups -OCH3 is 1. The second kappa shape index (κ2) is 7.21. The van der Waals surface area contributed by atoms with Crippen molar-refractivity contribution in [3.63, 3.8) is 0 Å². The number of carbonyl (C=O) groups excluding carboxylic acids is 1. The van der Waals surface area contributed by atoms with Crippen LogP contribution in [0, 0.1) is 0 Å². The zero-order chi connectivity index (χ0) is 17.0. The van der Waals surface area contributed by atoms with E-state index in [0.29, 0.717) is 18.7 Å². The lowest BCUT2D eigenvalue weighted by molar-refractivity contribution is 0.0178. The second-order valence-corrected chi connectivity index (χ2v) is 6.96. The Labute approximate surface area is 138 Å². The number of para-hydroxylation sites is 1. The van der Waals surface area contributed by atoms with Gasteiger partial charge in [0.15, 0.2) is 0 Å². The lowest BCUT2D eigenvalue weighted by Gasteiger charge is -2.29. The zero-order valence-corrected chi connectivity index (χ0v) is 14.4. The highest BCUT2D eigenvalue weighted by molar-refractivity contribution is 5.69. The molecule has 2 rings (SSSR count). The Bertz CT molecular complexity index is 538. The predicted octanol–water partition coefficient (Wildman–Crippen LogP) is 3.52. The van der Waals surface area contributed by atoms with E-state index in [1.165, 1.54) is 0 Å². The number of aliphatic hydroxyl groups is 1. The number of ether oxygens (including phenoxy) is 2. The van der Waals surface area contributed by atoms with Crippen LogP contribution in [0.15, 0.2) is 24.3 Å². The summed E-state index contributed by atoms with van der Waals surface area (Å²) in [5, 5.41) is 10.6. The molecule has 0 spiro atoms. The Morgan fingerprint density at radius 3 is 2.74 bits per heavy atom. The van der Waals surface area contributed by atoms with Crippen molar-refractivity contribution in [2.24, 2.45) is 0 Å². The van der Waals surface area contributed by atoms with Crippen LogP contribution in [0.3, 0.4) is 0 Å². The largest absolute Gasteiger partial charge is 0.496 e. The summed E-state index contributed by atoms with van der Waals surface area (Å²) in [5.41, 5.74) is 0.247. The third kappa shape index (κ3) is 4.61. The van der Waals surface area contributed by atoms with Gasteiger partial charge in [-0.1, -0.05) is 18.2 Å². The van der Waals surface area contributed by atoms with Crippen LogP contribution in [0.1, 0.15) is 51.7 Å². The predicted molar refractivity (Wildman–Crippen MR) is 88.5 cm³/mol. The first-order chi connectivity index (χ1) is 10.8. The van der Waals surface area contributed by atoms with Crippen LogP contribution in [-0.2, 0) is 4.74 Å². The molecule has 1 heterocycles. The van der Waals surface area contributed by atoms with Gasteiger partial charge in [-0.2, -0.15) is 0 Å². The Balaban J connectivity index is 2.04. The van der Waals surface area contributed by atoms with Gasteiger partial charge in [-0.05, 0) is 46.1 Å². The fraction of sp³-hybridized carbons (Fsp3) is 0.611. The number of aliphatic hydroxyl groups excluding tert-OH is 1. The van der Waals surface area contributed by atoms with Crippen molar-refractivity contribution in [3.8, 4) is 5.75 Å². The van der Waals surface area contributed by atoms with Crippen molar-refractivity contribution in [2.45, 2.75) is 57.8 Å². The number of likely N-dealkylation sites (tertiary alicyclic amines) is 1. The summed E-state index contributed by atoms with van der Waals surface area (Å²) in [6.45, 7) is 6.26. The molecule has 5 heteroatoms. The lowest BCUT2D eigenvalue weighted by atomic mass is 10.00. The van der Waals surface area contributed by atoms with Crippen LogP contribution in [0.25, 0.3) is 0 Å².